The summed E-state index contributed by atoms with van der Waals surface area (Å²) in [6, 6.07) is 20.7. The maximum Gasteiger partial charge on any atom is 0.295 e. The number of aliphatic hydroxyl groups excluding tert-OH is 1. The molecule has 35 heavy (non-hydrogen) atoms. The molecule has 0 spiro atoms. The number of carbonyl (C=O) groups is 2. The Balaban J connectivity index is 1.78. The van der Waals surface area contributed by atoms with Crippen molar-refractivity contribution in [3.8, 4) is 5.75 Å². The fourth-order valence-electron chi connectivity index (χ4n) is 4.14. The molecular weight excluding hydrogens is 485 g/mol. The van der Waals surface area contributed by atoms with Gasteiger partial charge >= 0.3 is 0 Å². The molecule has 0 aromatic heterocycles. The Morgan fingerprint density at radius 3 is 2.46 bits per heavy atom. The van der Waals surface area contributed by atoms with E-state index in [1.54, 1.807) is 42.5 Å². The molecule has 1 aliphatic heterocycles. The van der Waals surface area contributed by atoms with Crippen LogP contribution in [0, 0.1) is 0 Å². The molecule has 0 bridgehead atoms. The summed E-state index contributed by atoms with van der Waals surface area (Å²) in [7, 11) is 0. The van der Waals surface area contributed by atoms with E-state index in [9.17, 15) is 14.7 Å². The molecule has 0 saturated carbocycles. The third kappa shape index (κ3) is 5.37. The van der Waals surface area contributed by atoms with Gasteiger partial charge in [0.05, 0.1) is 28.3 Å². The number of hydrogen-bond donors (Lipinski definition) is 1. The van der Waals surface area contributed by atoms with Gasteiger partial charge in [-0.1, -0.05) is 78.7 Å². The number of Topliss-reactive ketones (excluding diaryl/α,β-unsaturated/α-hetero) is 1. The van der Waals surface area contributed by atoms with E-state index in [0.29, 0.717) is 39.9 Å². The van der Waals surface area contributed by atoms with Gasteiger partial charge in [0, 0.05) is 12.1 Å². The van der Waals surface area contributed by atoms with E-state index in [2.05, 4.69) is 0 Å². The van der Waals surface area contributed by atoms with Gasteiger partial charge in [0.25, 0.3) is 11.7 Å². The van der Waals surface area contributed by atoms with Gasteiger partial charge in [-0.15, -0.1) is 0 Å². The van der Waals surface area contributed by atoms with Crippen LogP contribution in [0.25, 0.3) is 5.76 Å². The number of ether oxygens (including phenoxy) is 1. The van der Waals surface area contributed by atoms with Gasteiger partial charge in [-0.3, -0.25) is 9.59 Å². The molecule has 1 heterocycles. The van der Waals surface area contributed by atoms with Gasteiger partial charge in [-0.25, -0.2) is 0 Å². The second-order valence-corrected chi connectivity index (χ2v) is 9.09. The van der Waals surface area contributed by atoms with Crippen LogP contribution >= 0.6 is 23.2 Å². The van der Waals surface area contributed by atoms with Crippen molar-refractivity contribution in [3.05, 3.63) is 105 Å². The molecular formula is C28H25Cl2NO4. The molecule has 0 radical (unpaired) electrons. The Bertz CT molecular complexity index is 1270. The highest BCUT2D eigenvalue weighted by molar-refractivity contribution is 6.46. The van der Waals surface area contributed by atoms with Crippen LogP contribution < -0.4 is 4.74 Å². The third-order valence-corrected chi connectivity index (χ3v) is 6.60. The van der Waals surface area contributed by atoms with Crippen LogP contribution in [-0.4, -0.2) is 34.8 Å². The average molecular weight is 510 g/mol. The number of rotatable bonds is 8. The molecule has 1 fully saturated rings. The van der Waals surface area contributed by atoms with Crippen LogP contribution in [0.15, 0.2) is 78.4 Å². The highest BCUT2D eigenvalue weighted by Gasteiger charge is 2.46. The first-order chi connectivity index (χ1) is 16.9. The monoisotopic (exact) mass is 509 g/mol. The Kier molecular flexibility index (Phi) is 7.79. The number of amides is 1. The molecule has 1 N–H and O–H groups in total. The first-order valence-corrected chi connectivity index (χ1v) is 12.2. The largest absolute Gasteiger partial charge is 0.507 e. The zero-order valence-electron chi connectivity index (χ0n) is 19.2. The van der Waals surface area contributed by atoms with Gasteiger partial charge in [0.15, 0.2) is 0 Å². The van der Waals surface area contributed by atoms with E-state index in [1.165, 1.54) is 4.90 Å². The van der Waals surface area contributed by atoms with Crippen molar-refractivity contribution < 1.29 is 19.4 Å². The lowest BCUT2D eigenvalue weighted by atomic mass is 9.95. The van der Waals surface area contributed by atoms with Gasteiger partial charge in [-0.2, -0.15) is 0 Å². The molecule has 1 aliphatic rings. The molecule has 0 aliphatic carbocycles. The summed E-state index contributed by atoms with van der Waals surface area (Å²) in [6.07, 6.45) is 1.38. The van der Waals surface area contributed by atoms with Crippen molar-refractivity contribution in [2.75, 3.05) is 13.2 Å². The molecule has 3 aromatic rings. The number of nitrogens with zero attached hydrogens (tertiary/aromatic N) is 1. The van der Waals surface area contributed by atoms with Crippen molar-refractivity contribution >= 4 is 40.7 Å². The number of benzene rings is 3. The minimum Gasteiger partial charge on any atom is -0.507 e. The molecule has 1 unspecified atom stereocenters. The second kappa shape index (κ2) is 11.0. The lowest BCUT2D eigenvalue weighted by Gasteiger charge is -2.25. The van der Waals surface area contributed by atoms with Gasteiger partial charge < -0.3 is 14.7 Å². The minimum absolute atomic E-state index is 0.00842. The van der Waals surface area contributed by atoms with Crippen LogP contribution in [0.3, 0.4) is 0 Å². The number of halogens is 2. The Morgan fingerprint density at radius 2 is 1.74 bits per heavy atom. The van der Waals surface area contributed by atoms with Crippen LogP contribution in [0.4, 0.5) is 0 Å². The summed E-state index contributed by atoms with van der Waals surface area (Å²) in [4.78, 5) is 27.9. The maximum absolute atomic E-state index is 13.2. The SMILES string of the molecule is CCCOc1cccc(/C(O)=C2\C(=O)C(=O)N(CCc3ccccc3)C2c2ccc(Cl)c(Cl)c2)c1. The van der Waals surface area contributed by atoms with E-state index in [4.69, 9.17) is 27.9 Å². The summed E-state index contributed by atoms with van der Waals surface area (Å²) < 4.78 is 5.68. The summed E-state index contributed by atoms with van der Waals surface area (Å²) in [6.45, 7) is 2.81. The minimum atomic E-state index is -0.811. The van der Waals surface area contributed by atoms with Gasteiger partial charge in [0.1, 0.15) is 11.5 Å². The molecule has 1 amide bonds. The first kappa shape index (κ1) is 24.8. The molecule has 180 valence electrons. The fraction of sp³-hybridized carbons (Fsp3) is 0.214. The zero-order valence-corrected chi connectivity index (χ0v) is 20.7. The summed E-state index contributed by atoms with van der Waals surface area (Å²) in [5.74, 6) is -1.10. The van der Waals surface area contributed by atoms with E-state index in [-0.39, 0.29) is 17.9 Å². The van der Waals surface area contributed by atoms with Gasteiger partial charge in [-0.05, 0) is 48.2 Å². The standard InChI is InChI=1S/C28H25Cl2NO4/c1-2-15-35-21-10-6-9-20(16-21)26(32)24-25(19-11-12-22(29)23(30)17-19)31(28(34)27(24)33)14-13-18-7-4-3-5-8-18/h3-12,16-17,25,32H,2,13-15H2,1H3/b26-24+. The quantitative estimate of drug-likeness (QED) is 0.215. The molecule has 7 heteroatoms. The molecule has 3 aromatic carbocycles. The predicted molar refractivity (Wildman–Crippen MR) is 138 cm³/mol. The van der Waals surface area contributed by atoms with Crippen LogP contribution in [0.5, 0.6) is 5.75 Å². The van der Waals surface area contributed by atoms with Crippen molar-refractivity contribution in [1.82, 2.24) is 4.90 Å². The normalized spacial score (nSPS) is 17.1. The number of carbonyl (C=O) groups excluding carboxylic acids is 2. The van der Waals surface area contributed by atoms with E-state index in [0.717, 1.165) is 12.0 Å². The van der Waals surface area contributed by atoms with E-state index < -0.39 is 17.7 Å². The van der Waals surface area contributed by atoms with Crippen molar-refractivity contribution in [2.45, 2.75) is 25.8 Å². The highest BCUT2D eigenvalue weighted by atomic mass is 35.5. The molecule has 4 rings (SSSR count). The lowest BCUT2D eigenvalue weighted by Crippen LogP contribution is -2.31. The van der Waals surface area contributed by atoms with Crippen LogP contribution in [-0.2, 0) is 16.0 Å². The summed E-state index contributed by atoms with van der Waals surface area (Å²) >= 11 is 12.4. The average Bonchev–Trinajstić information content (AvgIpc) is 3.13. The topological polar surface area (TPSA) is 66.8 Å². The van der Waals surface area contributed by atoms with Crippen molar-refractivity contribution in [1.29, 1.82) is 0 Å². The zero-order chi connectivity index (χ0) is 24.9. The second-order valence-electron chi connectivity index (χ2n) is 8.28. The molecule has 1 saturated heterocycles. The Hall–Kier alpha value is -3.28. The molecule has 5 nitrogen and oxygen atoms in total. The smallest absolute Gasteiger partial charge is 0.295 e. The van der Waals surface area contributed by atoms with E-state index >= 15 is 0 Å². The van der Waals surface area contributed by atoms with E-state index in [1.807, 2.05) is 37.3 Å². The Morgan fingerprint density at radius 1 is 0.971 bits per heavy atom. The third-order valence-electron chi connectivity index (χ3n) is 5.86. The highest BCUT2D eigenvalue weighted by Crippen LogP contribution is 2.41. The fourth-order valence-corrected chi connectivity index (χ4v) is 4.45. The molecule has 1 atom stereocenters. The summed E-state index contributed by atoms with van der Waals surface area (Å²) in [5.41, 5.74) is 2.02. The van der Waals surface area contributed by atoms with Gasteiger partial charge in [0.2, 0.25) is 0 Å². The summed E-state index contributed by atoms with van der Waals surface area (Å²) in [5, 5.41) is 11.9. The van der Waals surface area contributed by atoms with Crippen molar-refractivity contribution in [2.24, 2.45) is 0 Å². The number of hydrogen-bond acceptors (Lipinski definition) is 4. The number of likely N-dealkylation sites (tertiary alicyclic amines) is 1. The van der Waals surface area contributed by atoms with Crippen LogP contribution in [0.1, 0.15) is 36.1 Å². The number of ketones is 1. The predicted octanol–water partition coefficient (Wildman–Crippen LogP) is 6.45. The maximum atomic E-state index is 13.2. The Labute approximate surface area is 214 Å². The lowest BCUT2D eigenvalue weighted by molar-refractivity contribution is -0.139. The number of aliphatic hydroxyl groups is 1. The first-order valence-electron chi connectivity index (χ1n) is 11.4. The van der Waals surface area contributed by atoms with Crippen molar-refractivity contribution in [3.63, 3.8) is 0 Å². The van der Waals surface area contributed by atoms with Crippen LogP contribution in [0.2, 0.25) is 10.0 Å².